The number of halogens is 3. The van der Waals surface area contributed by atoms with E-state index in [0.29, 0.717) is 12.7 Å². The molecule has 1 atom stereocenters. The molecule has 0 radical (unpaired) electrons. The molecule has 4 nitrogen and oxygen atoms in total. The quantitative estimate of drug-likeness (QED) is 0.927. The fraction of sp³-hybridized carbons (Fsp3) is 0.500. The van der Waals surface area contributed by atoms with Crippen molar-refractivity contribution < 1.29 is 32.5 Å². The lowest BCUT2D eigenvalue weighted by Crippen LogP contribution is -2.26. The topological polar surface area (TPSA) is 55.8 Å². The summed E-state index contributed by atoms with van der Waals surface area (Å²) in [6.45, 7) is 0.781. The number of rotatable bonds is 4. The fourth-order valence-corrected chi connectivity index (χ4v) is 2.16. The van der Waals surface area contributed by atoms with Gasteiger partial charge in [-0.05, 0) is 37.5 Å². The van der Waals surface area contributed by atoms with E-state index in [4.69, 9.17) is 14.6 Å². The van der Waals surface area contributed by atoms with E-state index in [0.717, 1.165) is 25.3 Å². The highest BCUT2D eigenvalue weighted by Gasteiger charge is 2.35. The number of aromatic carboxylic acids is 1. The molecule has 1 aromatic carbocycles. The number of hydrogen-bond donors (Lipinski definition) is 1. The minimum absolute atomic E-state index is 0.0125. The van der Waals surface area contributed by atoms with Gasteiger partial charge >= 0.3 is 12.1 Å². The molecule has 0 aliphatic carbocycles. The van der Waals surface area contributed by atoms with Crippen molar-refractivity contribution in [3.8, 4) is 5.75 Å². The van der Waals surface area contributed by atoms with Crippen molar-refractivity contribution in [1.82, 2.24) is 0 Å². The second-order valence-electron chi connectivity index (χ2n) is 4.81. The molecule has 1 fully saturated rings. The molecule has 0 saturated carbocycles. The molecule has 1 heterocycles. The first-order valence-corrected chi connectivity index (χ1v) is 6.57. The Bertz CT molecular complexity index is 507. The molecule has 21 heavy (non-hydrogen) atoms. The van der Waals surface area contributed by atoms with Crippen LogP contribution >= 0.6 is 0 Å². The largest absolute Gasteiger partial charge is 0.491 e. The smallest absolute Gasteiger partial charge is 0.417 e. The zero-order chi connectivity index (χ0) is 15.5. The van der Waals surface area contributed by atoms with Gasteiger partial charge < -0.3 is 14.6 Å². The van der Waals surface area contributed by atoms with Gasteiger partial charge in [0.25, 0.3) is 0 Å². The van der Waals surface area contributed by atoms with E-state index in [1.165, 1.54) is 6.07 Å². The van der Waals surface area contributed by atoms with Gasteiger partial charge in [0.2, 0.25) is 0 Å². The predicted octanol–water partition coefficient (Wildman–Crippen LogP) is 3.35. The molecule has 1 aromatic rings. The molecule has 0 aromatic heterocycles. The van der Waals surface area contributed by atoms with Crippen LogP contribution in [0.3, 0.4) is 0 Å². The summed E-state index contributed by atoms with van der Waals surface area (Å²) in [4.78, 5) is 10.8. The number of alkyl halides is 3. The van der Waals surface area contributed by atoms with Gasteiger partial charge in [-0.25, -0.2) is 4.79 Å². The zero-order valence-corrected chi connectivity index (χ0v) is 11.2. The van der Waals surface area contributed by atoms with Gasteiger partial charge in [0.05, 0.1) is 17.2 Å². The van der Waals surface area contributed by atoms with Gasteiger partial charge in [0.1, 0.15) is 12.4 Å². The molecular formula is C14H15F3O4. The van der Waals surface area contributed by atoms with Gasteiger partial charge in [-0.1, -0.05) is 0 Å². The van der Waals surface area contributed by atoms with Crippen LogP contribution in [0.1, 0.15) is 35.2 Å². The first-order chi connectivity index (χ1) is 9.88. The standard InChI is InChI=1S/C14H15F3O4/c15-14(16,17)12-7-9(4-5-11(12)13(18)19)21-8-10-3-1-2-6-20-10/h4-5,7,10H,1-3,6,8H2,(H,18,19). The molecule has 7 heteroatoms. The minimum atomic E-state index is -4.74. The maximum Gasteiger partial charge on any atom is 0.417 e. The highest BCUT2D eigenvalue weighted by molar-refractivity contribution is 5.89. The van der Waals surface area contributed by atoms with Crippen LogP contribution in [0.25, 0.3) is 0 Å². The SMILES string of the molecule is O=C(O)c1ccc(OCC2CCCCO2)cc1C(F)(F)F. The summed E-state index contributed by atoms with van der Waals surface area (Å²) in [5.41, 5.74) is -2.00. The molecule has 1 saturated heterocycles. The van der Waals surface area contributed by atoms with E-state index in [1.807, 2.05) is 0 Å². The number of carboxylic acids is 1. The molecular weight excluding hydrogens is 289 g/mol. The Morgan fingerprint density at radius 1 is 1.38 bits per heavy atom. The van der Waals surface area contributed by atoms with Crippen molar-refractivity contribution in [3.05, 3.63) is 29.3 Å². The first kappa shape index (κ1) is 15.6. The minimum Gasteiger partial charge on any atom is -0.491 e. The fourth-order valence-electron chi connectivity index (χ4n) is 2.16. The predicted molar refractivity (Wildman–Crippen MR) is 67.5 cm³/mol. The Hall–Kier alpha value is -1.76. The number of hydrogen-bond acceptors (Lipinski definition) is 3. The summed E-state index contributed by atoms with van der Waals surface area (Å²) >= 11 is 0. The van der Waals surface area contributed by atoms with E-state index in [-0.39, 0.29) is 18.5 Å². The number of ether oxygens (including phenoxy) is 2. The van der Waals surface area contributed by atoms with Crippen LogP contribution in [0.5, 0.6) is 5.75 Å². The maximum atomic E-state index is 12.8. The summed E-state index contributed by atoms with van der Waals surface area (Å²) in [6, 6.07) is 2.84. The van der Waals surface area contributed by atoms with E-state index >= 15 is 0 Å². The molecule has 1 aliphatic heterocycles. The second-order valence-corrected chi connectivity index (χ2v) is 4.81. The molecule has 0 amide bonds. The summed E-state index contributed by atoms with van der Waals surface area (Å²) in [6.07, 6.45) is -2.09. The molecule has 1 aliphatic rings. The molecule has 0 bridgehead atoms. The van der Waals surface area contributed by atoms with Crippen LogP contribution in [0.4, 0.5) is 13.2 Å². The van der Waals surface area contributed by atoms with Crippen molar-refractivity contribution in [1.29, 1.82) is 0 Å². The second kappa shape index (κ2) is 6.34. The lowest BCUT2D eigenvalue weighted by atomic mass is 10.1. The van der Waals surface area contributed by atoms with Crippen molar-refractivity contribution >= 4 is 5.97 Å². The third-order valence-corrected chi connectivity index (χ3v) is 3.24. The van der Waals surface area contributed by atoms with Crippen molar-refractivity contribution in [2.24, 2.45) is 0 Å². The third kappa shape index (κ3) is 4.10. The Balaban J connectivity index is 2.11. The molecule has 2 rings (SSSR count). The van der Waals surface area contributed by atoms with Crippen LogP contribution in [0.15, 0.2) is 18.2 Å². The van der Waals surface area contributed by atoms with Crippen LogP contribution in [-0.2, 0) is 10.9 Å². The summed E-state index contributed by atoms with van der Waals surface area (Å²) in [5, 5.41) is 8.79. The zero-order valence-electron chi connectivity index (χ0n) is 11.2. The van der Waals surface area contributed by atoms with E-state index < -0.39 is 23.3 Å². The van der Waals surface area contributed by atoms with Crippen LogP contribution < -0.4 is 4.74 Å². The normalized spacial score (nSPS) is 19.3. The lowest BCUT2D eigenvalue weighted by Gasteiger charge is -2.23. The molecule has 1 unspecified atom stereocenters. The van der Waals surface area contributed by atoms with Crippen LogP contribution in [0.2, 0.25) is 0 Å². The Morgan fingerprint density at radius 2 is 2.14 bits per heavy atom. The lowest BCUT2D eigenvalue weighted by molar-refractivity contribution is -0.138. The molecule has 1 N–H and O–H groups in total. The van der Waals surface area contributed by atoms with Gasteiger partial charge in [0.15, 0.2) is 0 Å². The van der Waals surface area contributed by atoms with Crippen molar-refractivity contribution in [2.45, 2.75) is 31.5 Å². The van der Waals surface area contributed by atoms with E-state index in [2.05, 4.69) is 0 Å². The van der Waals surface area contributed by atoms with Gasteiger partial charge in [-0.2, -0.15) is 13.2 Å². The number of carboxylic acid groups (broad SMARTS) is 1. The maximum absolute atomic E-state index is 12.8. The van der Waals surface area contributed by atoms with E-state index in [1.54, 1.807) is 0 Å². The average Bonchev–Trinajstić information content (AvgIpc) is 2.45. The summed E-state index contributed by atoms with van der Waals surface area (Å²) in [5.74, 6) is -1.63. The first-order valence-electron chi connectivity index (χ1n) is 6.57. The Morgan fingerprint density at radius 3 is 2.71 bits per heavy atom. The van der Waals surface area contributed by atoms with E-state index in [9.17, 15) is 18.0 Å². The monoisotopic (exact) mass is 304 g/mol. The van der Waals surface area contributed by atoms with Gasteiger partial charge in [0, 0.05) is 6.61 Å². The van der Waals surface area contributed by atoms with Crippen LogP contribution in [0, 0.1) is 0 Å². The Labute approximate surface area is 119 Å². The van der Waals surface area contributed by atoms with Crippen LogP contribution in [-0.4, -0.2) is 30.4 Å². The highest BCUT2D eigenvalue weighted by Crippen LogP contribution is 2.34. The highest BCUT2D eigenvalue weighted by atomic mass is 19.4. The molecule has 116 valence electrons. The van der Waals surface area contributed by atoms with Crippen molar-refractivity contribution in [3.63, 3.8) is 0 Å². The molecule has 0 spiro atoms. The number of carbonyl (C=O) groups is 1. The van der Waals surface area contributed by atoms with Gasteiger partial charge in [-0.15, -0.1) is 0 Å². The third-order valence-electron chi connectivity index (χ3n) is 3.24. The average molecular weight is 304 g/mol. The summed E-state index contributed by atoms with van der Waals surface area (Å²) < 4.78 is 49.2. The van der Waals surface area contributed by atoms with Crippen molar-refractivity contribution in [2.75, 3.05) is 13.2 Å². The van der Waals surface area contributed by atoms with Gasteiger partial charge in [-0.3, -0.25) is 0 Å². The number of benzene rings is 1. The summed E-state index contributed by atoms with van der Waals surface area (Å²) in [7, 11) is 0. The Kier molecular flexibility index (Phi) is 4.72.